The minimum atomic E-state index is -1.02. The van der Waals surface area contributed by atoms with Gasteiger partial charge in [0.25, 0.3) is 0 Å². The fourth-order valence-electron chi connectivity index (χ4n) is 1.87. The van der Waals surface area contributed by atoms with Gasteiger partial charge in [0.2, 0.25) is 0 Å². The summed E-state index contributed by atoms with van der Waals surface area (Å²) in [6.45, 7) is 0. The summed E-state index contributed by atoms with van der Waals surface area (Å²) >= 11 is 11.9. The van der Waals surface area contributed by atoms with Crippen molar-refractivity contribution in [2.24, 2.45) is 0 Å². The van der Waals surface area contributed by atoms with Gasteiger partial charge in [-0.2, -0.15) is 0 Å². The Kier molecular flexibility index (Phi) is 3.49. The highest BCUT2D eigenvalue weighted by Gasteiger charge is 2.20. The van der Waals surface area contributed by atoms with E-state index < -0.39 is 5.97 Å². The van der Waals surface area contributed by atoms with Crippen molar-refractivity contribution in [2.75, 3.05) is 0 Å². The van der Waals surface area contributed by atoms with Crippen LogP contribution in [0.1, 0.15) is 5.56 Å². The number of fused-ring (bicyclic) bond motifs is 2. The SMILES string of the molecule is O=C(O)/C=C/c1ccc2c(c1)Oc1cc(Cl)c(Cl)cc1O2. The molecule has 0 aromatic heterocycles. The van der Waals surface area contributed by atoms with Crippen molar-refractivity contribution >= 4 is 35.2 Å². The van der Waals surface area contributed by atoms with E-state index in [1.54, 1.807) is 30.3 Å². The summed E-state index contributed by atoms with van der Waals surface area (Å²) in [6, 6.07) is 8.26. The van der Waals surface area contributed by atoms with Crippen LogP contribution in [0.3, 0.4) is 0 Å². The van der Waals surface area contributed by atoms with Crippen molar-refractivity contribution in [3.05, 3.63) is 52.0 Å². The predicted octanol–water partition coefficient (Wildman–Crippen LogP) is 4.99. The normalized spacial score (nSPS) is 12.3. The Balaban J connectivity index is 1.96. The van der Waals surface area contributed by atoms with E-state index in [0.29, 0.717) is 38.6 Å². The lowest BCUT2D eigenvalue weighted by molar-refractivity contribution is -0.131. The number of hydrogen-bond donors (Lipinski definition) is 1. The van der Waals surface area contributed by atoms with E-state index in [0.717, 1.165) is 6.08 Å². The minimum absolute atomic E-state index is 0.365. The molecule has 3 rings (SSSR count). The van der Waals surface area contributed by atoms with Crippen molar-refractivity contribution < 1.29 is 19.4 Å². The van der Waals surface area contributed by atoms with Crippen LogP contribution in [0.15, 0.2) is 36.4 Å². The second-order valence-corrected chi connectivity index (χ2v) is 5.11. The van der Waals surface area contributed by atoms with Gasteiger partial charge in [0.15, 0.2) is 23.0 Å². The Labute approximate surface area is 130 Å². The highest BCUT2D eigenvalue weighted by Crippen LogP contribution is 2.48. The Bertz CT molecular complexity index is 769. The first-order valence-corrected chi connectivity index (χ1v) is 6.68. The maximum Gasteiger partial charge on any atom is 0.328 e. The molecule has 1 aliphatic heterocycles. The van der Waals surface area contributed by atoms with Crippen molar-refractivity contribution in [2.45, 2.75) is 0 Å². The van der Waals surface area contributed by atoms with Gasteiger partial charge >= 0.3 is 5.97 Å². The molecule has 6 heteroatoms. The lowest BCUT2D eigenvalue weighted by Gasteiger charge is -2.21. The maximum atomic E-state index is 10.5. The summed E-state index contributed by atoms with van der Waals surface area (Å²) in [7, 11) is 0. The molecule has 0 saturated carbocycles. The van der Waals surface area contributed by atoms with Crippen LogP contribution < -0.4 is 9.47 Å². The smallest absolute Gasteiger partial charge is 0.328 e. The third kappa shape index (κ3) is 2.82. The molecule has 21 heavy (non-hydrogen) atoms. The van der Waals surface area contributed by atoms with Crippen molar-refractivity contribution in [3.8, 4) is 23.0 Å². The molecule has 1 heterocycles. The fraction of sp³-hybridized carbons (Fsp3) is 0. The van der Waals surface area contributed by atoms with Crippen LogP contribution >= 0.6 is 23.2 Å². The van der Waals surface area contributed by atoms with Crippen LogP contribution in [0.4, 0.5) is 0 Å². The Morgan fingerprint density at radius 1 is 0.952 bits per heavy atom. The van der Waals surface area contributed by atoms with Gasteiger partial charge in [-0.25, -0.2) is 4.79 Å². The molecule has 0 saturated heterocycles. The Hall–Kier alpha value is -2.17. The van der Waals surface area contributed by atoms with E-state index in [1.165, 1.54) is 6.08 Å². The molecular weight excluding hydrogens is 315 g/mol. The zero-order valence-electron chi connectivity index (χ0n) is 10.5. The number of carboxylic acids is 1. The van der Waals surface area contributed by atoms with E-state index in [2.05, 4.69) is 0 Å². The fourth-order valence-corrected chi connectivity index (χ4v) is 2.17. The van der Waals surface area contributed by atoms with Gasteiger partial charge in [-0.1, -0.05) is 29.3 Å². The summed E-state index contributed by atoms with van der Waals surface area (Å²) in [5.41, 5.74) is 0.684. The molecule has 0 radical (unpaired) electrons. The number of halogens is 2. The molecule has 0 spiro atoms. The van der Waals surface area contributed by atoms with Crippen LogP contribution in [0.2, 0.25) is 10.0 Å². The maximum absolute atomic E-state index is 10.5. The molecule has 1 aliphatic rings. The van der Waals surface area contributed by atoms with Crippen LogP contribution in [-0.4, -0.2) is 11.1 Å². The van der Waals surface area contributed by atoms with Crippen LogP contribution in [0, 0.1) is 0 Å². The molecule has 0 bridgehead atoms. The number of rotatable bonds is 2. The van der Waals surface area contributed by atoms with E-state index in [1.807, 2.05) is 0 Å². The highest BCUT2D eigenvalue weighted by molar-refractivity contribution is 6.42. The molecule has 0 fully saturated rings. The third-order valence-corrected chi connectivity index (χ3v) is 3.53. The van der Waals surface area contributed by atoms with Gasteiger partial charge in [-0.15, -0.1) is 0 Å². The van der Waals surface area contributed by atoms with Gasteiger partial charge in [0.05, 0.1) is 10.0 Å². The van der Waals surface area contributed by atoms with Crippen molar-refractivity contribution in [3.63, 3.8) is 0 Å². The van der Waals surface area contributed by atoms with Gasteiger partial charge in [-0.3, -0.25) is 0 Å². The van der Waals surface area contributed by atoms with Gasteiger partial charge in [0, 0.05) is 18.2 Å². The topological polar surface area (TPSA) is 55.8 Å². The van der Waals surface area contributed by atoms with Gasteiger partial charge in [-0.05, 0) is 23.8 Å². The summed E-state index contributed by atoms with van der Waals surface area (Å²) < 4.78 is 11.4. The quantitative estimate of drug-likeness (QED) is 0.675. The van der Waals surface area contributed by atoms with Crippen molar-refractivity contribution in [1.82, 2.24) is 0 Å². The molecular formula is C15H8Cl2O4. The molecule has 0 aliphatic carbocycles. The first kappa shape index (κ1) is 13.8. The van der Waals surface area contributed by atoms with Crippen molar-refractivity contribution in [1.29, 1.82) is 0 Å². The molecule has 2 aromatic carbocycles. The summed E-state index contributed by atoms with van der Waals surface area (Å²) in [6.07, 6.45) is 2.52. The second-order valence-electron chi connectivity index (χ2n) is 4.29. The molecule has 1 N–H and O–H groups in total. The number of carboxylic acid groups (broad SMARTS) is 1. The van der Waals surface area contributed by atoms with Crippen LogP contribution in [0.25, 0.3) is 6.08 Å². The largest absolute Gasteiger partial charge is 0.478 e. The molecule has 0 unspecified atom stereocenters. The van der Waals surface area contributed by atoms with E-state index >= 15 is 0 Å². The average molecular weight is 323 g/mol. The summed E-state index contributed by atoms with van der Waals surface area (Å²) in [5, 5.41) is 9.37. The zero-order valence-corrected chi connectivity index (χ0v) is 12.0. The Morgan fingerprint density at radius 3 is 2.14 bits per heavy atom. The number of hydrogen-bond acceptors (Lipinski definition) is 3. The summed E-state index contributed by atoms with van der Waals surface area (Å²) in [5.74, 6) is 0.917. The highest BCUT2D eigenvalue weighted by atomic mass is 35.5. The molecule has 4 nitrogen and oxygen atoms in total. The van der Waals surface area contributed by atoms with Crippen LogP contribution in [0.5, 0.6) is 23.0 Å². The Morgan fingerprint density at radius 2 is 1.52 bits per heavy atom. The lowest BCUT2D eigenvalue weighted by Crippen LogP contribution is -1.99. The molecule has 0 atom stereocenters. The zero-order chi connectivity index (χ0) is 15.0. The van der Waals surface area contributed by atoms with Gasteiger partial charge in [0.1, 0.15) is 0 Å². The molecule has 2 aromatic rings. The molecule has 106 valence electrons. The van der Waals surface area contributed by atoms with E-state index in [-0.39, 0.29) is 0 Å². The summed E-state index contributed by atoms with van der Waals surface area (Å²) in [4.78, 5) is 10.5. The van der Waals surface area contributed by atoms with E-state index in [9.17, 15) is 4.79 Å². The standard InChI is InChI=1S/C15H8Cl2O4/c16-9-6-13-14(7-10(9)17)21-12-5-8(2-4-15(18)19)1-3-11(12)20-13/h1-7H,(H,18,19)/b4-2+. The third-order valence-electron chi connectivity index (χ3n) is 2.81. The monoisotopic (exact) mass is 322 g/mol. The first-order chi connectivity index (χ1) is 10.0. The second kappa shape index (κ2) is 5.31. The van der Waals surface area contributed by atoms with E-state index in [4.69, 9.17) is 37.8 Å². The minimum Gasteiger partial charge on any atom is -0.478 e. The van der Waals surface area contributed by atoms with Crippen LogP contribution in [-0.2, 0) is 4.79 Å². The number of ether oxygens (including phenoxy) is 2. The predicted molar refractivity (Wildman–Crippen MR) is 79.7 cm³/mol. The number of benzene rings is 2. The van der Waals surface area contributed by atoms with Gasteiger partial charge < -0.3 is 14.6 Å². The average Bonchev–Trinajstić information content (AvgIpc) is 2.44. The number of carbonyl (C=O) groups is 1. The first-order valence-electron chi connectivity index (χ1n) is 5.93. The molecule has 0 amide bonds. The number of aliphatic carboxylic acids is 1. The lowest BCUT2D eigenvalue weighted by atomic mass is 10.1.